The number of rotatable bonds is 15. The molecule has 2 fully saturated rings. The molecule has 3 aromatic rings. The molecule has 450 valence electrons. The summed E-state index contributed by atoms with van der Waals surface area (Å²) in [6, 6.07) is 10.8. The van der Waals surface area contributed by atoms with Crippen LogP contribution in [0.2, 0.25) is 0 Å². The maximum atomic E-state index is 15.1. The Morgan fingerprint density at radius 3 is 1.24 bits per heavy atom. The van der Waals surface area contributed by atoms with E-state index in [2.05, 4.69) is 5.10 Å². The molecule has 2 saturated heterocycles. The summed E-state index contributed by atoms with van der Waals surface area (Å²) in [5, 5.41) is 4.41. The molecule has 0 bridgehead atoms. The molecule has 0 aliphatic carbocycles. The Morgan fingerprint density at radius 1 is 0.500 bits per heavy atom. The predicted molar refractivity (Wildman–Crippen MR) is 303 cm³/mol. The van der Waals surface area contributed by atoms with Crippen molar-refractivity contribution in [1.29, 1.82) is 0 Å². The number of hydrogen-bond donors (Lipinski definition) is 0. The average Bonchev–Trinajstić information content (AvgIpc) is 4.08. The van der Waals surface area contributed by atoms with Crippen LogP contribution in [-0.2, 0) is 81.4 Å². The summed E-state index contributed by atoms with van der Waals surface area (Å²) in [5.41, 5.74) is 2.45. The molecule has 0 saturated carbocycles. The van der Waals surface area contributed by atoms with Crippen LogP contribution in [0.3, 0.4) is 0 Å². The topological polar surface area (TPSA) is 234 Å². The van der Waals surface area contributed by atoms with Gasteiger partial charge in [0.15, 0.2) is 24.4 Å². The smallest absolute Gasteiger partial charge is 0.329 e. The van der Waals surface area contributed by atoms with Crippen molar-refractivity contribution < 1.29 is 66.8 Å². The van der Waals surface area contributed by atoms with E-state index in [9.17, 15) is 38.4 Å². The monoisotopic (exact) mass is 1140 g/mol. The van der Waals surface area contributed by atoms with Gasteiger partial charge in [-0.25, -0.2) is 19.2 Å². The molecular formula is C61H87N7O14. The van der Waals surface area contributed by atoms with Crippen molar-refractivity contribution in [3.63, 3.8) is 0 Å². The van der Waals surface area contributed by atoms with Crippen LogP contribution < -0.4 is 0 Å². The molecule has 8 atom stereocenters. The average molecular weight is 1140 g/mol. The molecule has 21 heteroatoms. The molecule has 0 radical (unpaired) electrons. The van der Waals surface area contributed by atoms with Crippen LogP contribution in [0, 0.1) is 23.7 Å². The van der Waals surface area contributed by atoms with Gasteiger partial charge in [-0.1, -0.05) is 110 Å². The van der Waals surface area contributed by atoms with Crippen LogP contribution in [0.25, 0.3) is 0 Å². The van der Waals surface area contributed by atoms with E-state index < -0.39 is 96.1 Å². The SMILES string of the molecule is CC(C)C[C@H]1C(=O)O[C@H](Cc2ccc(Cn3cc(C(=O)N4CCOCC4)cn3)cc2)C(=O)N(C)[C@@H](CC(C)C)C(=O)O[C@H](C)C(=O)N(C)[C@@H](CC(C)C)C(=O)O[C@H](Cc2ccccc2)C(=O)N(C)[C@@H](CC(C)C)C(=O)O[C@H](C)C(=O)N1C. The maximum Gasteiger partial charge on any atom is 0.329 e. The first-order valence-electron chi connectivity index (χ1n) is 28.6. The van der Waals surface area contributed by atoms with Crippen LogP contribution >= 0.6 is 0 Å². The van der Waals surface area contributed by atoms with Crippen molar-refractivity contribution in [2.24, 2.45) is 23.7 Å². The number of aromatic nitrogens is 2. The van der Waals surface area contributed by atoms with Gasteiger partial charge in [0.25, 0.3) is 29.5 Å². The number of amides is 5. The van der Waals surface area contributed by atoms with Crippen molar-refractivity contribution in [2.45, 2.75) is 163 Å². The number of benzene rings is 2. The molecule has 3 heterocycles. The number of cyclic esters (lactones) is 4. The predicted octanol–water partition coefficient (Wildman–Crippen LogP) is 5.38. The van der Waals surface area contributed by atoms with Gasteiger partial charge >= 0.3 is 23.9 Å². The van der Waals surface area contributed by atoms with E-state index in [1.807, 2.05) is 67.5 Å². The molecule has 21 nitrogen and oxygen atoms in total. The van der Waals surface area contributed by atoms with Crippen LogP contribution in [0.1, 0.15) is 122 Å². The second-order valence-electron chi connectivity index (χ2n) is 23.4. The summed E-state index contributed by atoms with van der Waals surface area (Å²) in [4.78, 5) is 136. The van der Waals surface area contributed by atoms with Crippen molar-refractivity contribution in [1.82, 2.24) is 34.3 Å². The third-order valence-electron chi connectivity index (χ3n) is 14.7. The van der Waals surface area contributed by atoms with E-state index in [0.717, 1.165) is 25.2 Å². The van der Waals surface area contributed by atoms with Gasteiger partial charge < -0.3 is 48.2 Å². The standard InChI is InChI=1S/C61H87N7O14/c1-37(2)28-47-58(74)79-42(10)54(70)64(12)50(31-40(7)8)61(77)82-52(33-44-20-22-45(23-21-44)35-68-36-46(34-62-68)55(71)67-24-26-78-27-25-67)57(73)66(14)48(29-38(3)4)59(75)80-41(9)53(69)63(11)49(30-39(5)6)60(76)81-51(56(72)65(47)13)32-43-18-16-15-17-19-43/h15-23,34,36-42,47-52H,24-33,35H2,1-14H3/t41-,42-,47+,48+,49+,50+,51-,52-/m1/s1. The lowest BCUT2D eigenvalue weighted by Crippen LogP contribution is -2.55. The molecule has 0 N–H and O–H groups in total. The van der Waals surface area contributed by atoms with E-state index in [1.54, 1.807) is 58.2 Å². The molecule has 82 heavy (non-hydrogen) atoms. The molecular weight excluding hydrogens is 1050 g/mol. The fourth-order valence-corrected chi connectivity index (χ4v) is 10.0. The lowest BCUT2D eigenvalue weighted by Gasteiger charge is -2.35. The van der Waals surface area contributed by atoms with Crippen molar-refractivity contribution in [3.8, 4) is 0 Å². The lowest BCUT2D eigenvalue weighted by molar-refractivity contribution is -0.176. The fraction of sp³-hybridized carbons (Fsp3) is 0.607. The fourth-order valence-electron chi connectivity index (χ4n) is 10.0. The lowest BCUT2D eigenvalue weighted by atomic mass is 9.99. The van der Waals surface area contributed by atoms with E-state index >= 15 is 4.79 Å². The number of esters is 4. The molecule has 5 amide bonds. The Kier molecular flexibility index (Phi) is 24.2. The van der Waals surface area contributed by atoms with Crippen LogP contribution in [0.5, 0.6) is 0 Å². The zero-order valence-electron chi connectivity index (χ0n) is 50.4. The van der Waals surface area contributed by atoms with Crippen molar-refractivity contribution in [2.75, 3.05) is 54.5 Å². The minimum Gasteiger partial charge on any atom is -0.451 e. The third-order valence-corrected chi connectivity index (χ3v) is 14.7. The van der Waals surface area contributed by atoms with E-state index in [0.29, 0.717) is 49.5 Å². The molecule has 5 rings (SSSR count). The Balaban J connectivity index is 1.55. The Bertz CT molecular complexity index is 2650. The Morgan fingerprint density at radius 2 is 0.854 bits per heavy atom. The minimum atomic E-state index is -1.58. The molecule has 0 spiro atoms. The van der Waals surface area contributed by atoms with Gasteiger partial charge in [0.05, 0.1) is 31.5 Å². The zero-order valence-corrected chi connectivity index (χ0v) is 50.4. The second kappa shape index (κ2) is 30.2. The highest BCUT2D eigenvalue weighted by Gasteiger charge is 2.43. The minimum absolute atomic E-state index is 0.0653. The number of carbonyl (C=O) groups excluding carboxylic acids is 9. The van der Waals surface area contributed by atoms with Gasteiger partial charge in [0.1, 0.15) is 24.2 Å². The maximum absolute atomic E-state index is 15.1. The molecule has 2 aliphatic rings. The highest BCUT2D eigenvalue weighted by Crippen LogP contribution is 2.25. The first-order chi connectivity index (χ1) is 38.7. The van der Waals surface area contributed by atoms with E-state index in [-0.39, 0.29) is 68.1 Å². The summed E-state index contributed by atoms with van der Waals surface area (Å²) < 4.78 is 31.1. The first kappa shape index (κ1) is 65.6. The summed E-state index contributed by atoms with van der Waals surface area (Å²) >= 11 is 0. The number of morpholine rings is 1. The van der Waals surface area contributed by atoms with Gasteiger partial charge in [-0.15, -0.1) is 0 Å². The summed E-state index contributed by atoms with van der Waals surface area (Å²) in [6.07, 6.45) is -2.83. The first-order valence-corrected chi connectivity index (χ1v) is 28.6. The van der Waals surface area contributed by atoms with Gasteiger partial charge in [-0.3, -0.25) is 28.7 Å². The second-order valence-corrected chi connectivity index (χ2v) is 23.4. The van der Waals surface area contributed by atoms with Gasteiger partial charge in [-0.2, -0.15) is 5.10 Å². The molecule has 1 aromatic heterocycles. The highest BCUT2D eigenvalue weighted by molar-refractivity contribution is 5.95. The van der Waals surface area contributed by atoms with Crippen molar-refractivity contribution in [3.05, 3.63) is 89.2 Å². The highest BCUT2D eigenvalue weighted by atomic mass is 16.6. The molecule has 2 aliphatic heterocycles. The number of ether oxygens (including phenoxy) is 5. The summed E-state index contributed by atoms with van der Waals surface area (Å²) in [5.74, 6) is -7.66. The number of likely N-dealkylation sites (N-methyl/N-ethyl adjacent to an activating group) is 4. The number of hydrogen-bond acceptors (Lipinski definition) is 15. The summed E-state index contributed by atoms with van der Waals surface area (Å²) in [7, 11) is 5.52. The molecule has 2 aromatic carbocycles. The largest absolute Gasteiger partial charge is 0.451 e. The van der Waals surface area contributed by atoms with Crippen LogP contribution in [0.15, 0.2) is 67.0 Å². The number of nitrogens with zero attached hydrogens (tertiary/aromatic N) is 7. The Labute approximate surface area is 483 Å². The Hall–Kier alpha value is -7.16. The van der Waals surface area contributed by atoms with E-state index in [1.165, 1.54) is 48.2 Å². The number of carbonyl (C=O) groups is 9. The zero-order chi connectivity index (χ0) is 60.7. The van der Waals surface area contributed by atoms with Gasteiger partial charge in [0, 0.05) is 60.3 Å². The van der Waals surface area contributed by atoms with E-state index in [4.69, 9.17) is 23.7 Å². The van der Waals surface area contributed by atoms with Crippen LogP contribution in [-0.4, -0.2) is 191 Å². The normalized spacial score (nSPS) is 24.0. The quantitative estimate of drug-likeness (QED) is 0.137. The van der Waals surface area contributed by atoms with Gasteiger partial charge in [0.2, 0.25) is 0 Å². The summed E-state index contributed by atoms with van der Waals surface area (Å²) in [6.45, 7) is 19.7. The molecule has 0 unspecified atom stereocenters. The van der Waals surface area contributed by atoms with Crippen LogP contribution in [0.4, 0.5) is 0 Å². The third kappa shape index (κ3) is 18.2. The van der Waals surface area contributed by atoms with Crippen molar-refractivity contribution >= 4 is 53.4 Å². The van der Waals surface area contributed by atoms with Gasteiger partial charge in [-0.05, 0) is 79.9 Å².